The first-order valence-corrected chi connectivity index (χ1v) is 7.32. The Morgan fingerprint density at radius 2 is 2.00 bits per heavy atom. The Labute approximate surface area is 139 Å². The number of hydrogen-bond acceptors (Lipinski definition) is 2. The van der Waals surface area contributed by atoms with Gasteiger partial charge < -0.3 is 11.1 Å². The van der Waals surface area contributed by atoms with Crippen LogP contribution in [0.2, 0.25) is 5.02 Å². The van der Waals surface area contributed by atoms with Crippen LogP contribution < -0.4 is 11.1 Å². The topological polar surface area (TPSA) is 55.1 Å². The standard InChI is InChI=1S/C14H9BrClFN2OS/c15-8-2-3-10(16)9(6-8)14(20)19-12-4-1-7(13(18)21)5-11(12)17/h1-6H,(H2,18,21)(H,19,20). The van der Waals surface area contributed by atoms with Crippen molar-refractivity contribution in [3.63, 3.8) is 0 Å². The highest BCUT2D eigenvalue weighted by atomic mass is 79.9. The first kappa shape index (κ1) is 15.9. The molecule has 1 amide bonds. The maximum absolute atomic E-state index is 13.9. The highest BCUT2D eigenvalue weighted by Gasteiger charge is 2.14. The lowest BCUT2D eigenvalue weighted by Crippen LogP contribution is -2.15. The van der Waals surface area contributed by atoms with Crippen LogP contribution in [-0.4, -0.2) is 10.9 Å². The Bertz CT molecular complexity index is 739. The molecule has 0 unspecified atom stereocenters. The number of halogens is 3. The molecular formula is C14H9BrClFN2OS. The Hall–Kier alpha value is -1.50. The number of carbonyl (C=O) groups is 1. The van der Waals surface area contributed by atoms with Gasteiger partial charge in [-0.1, -0.05) is 39.7 Å². The molecule has 2 rings (SSSR count). The minimum atomic E-state index is -0.625. The van der Waals surface area contributed by atoms with E-state index in [1.54, 1.807) is 18.2 Å². The zero-order chi connectivity index (χ0) is 15.6. The Kier molecular flexibility index (Phi) is 4.92. The van der Waals surface area contributed by atoms with Gasteiger partial charge in [-0.15, -0.1) is 0 Å². The molecule has 0 aliphatic heterocycles. The van der Waals surface area contributed by atoms with Crippen LogP contribution in [0.3, 0.4) is 0 Å². The number of nitrogens with one attached hydrogen (secondary N) is 1. The van der Waals surface area contributed by atoms with Gasteiger partial charge in [-0.3, -0.25) is 4.79 Å². The van der Waals surface area contributed by atoms with E-state index in [1.165, 1.54) is 18.2 Å². The van der Waals surface area contributed by atoms with Gasteiger partial charge in [0.15, 0.2) is 0 Å². The second-order valence-electron chi connectivity index (χ2n) is 4.14. The Balaban J connectivity index is 2.27. The largest absolute Gasteiger partial charge is 0.389 e. The molecule has 0 spiro atoms. The van der Waals surface area contributed by atoms with Gasteiger partial charge in [0.05, 0.1) is 16.3 Å². The molecule has 3 nitrogen and oxygen atoms in total. The monoisotopic (exact) mass is 386 g/mol. The second-order valence-corrected chi connectivity index (χ2v) is 5.90. The molecule has 0 saturated carbocycles. The molecule has 0 bridgehead atoms. The summed E-state index contributed by atoms with van der Waals surface area (Å²) in [5.74, 6) is -1.14. The summed E-state index contributed by atoms with van der Waals surface area (Å²) in [4.78, 5) is 12.2. The summed E-state index contributed by atoms with van der Waals surface area (Å²) in [6.07, 6.45) is 0. The van der Waals surface area contributed by atoms with Crippen LogP contribution >= 0.6 is 39.7 Å². The molecule has 0 aliphatic rings. The molecule has 0 heterocycles. The summed E-state index contributed by atoms with van der Waals surface area (Å²) in [6.45, 7) is 0. The normalized spacial score (nSPS) is 10.2. The summed E-state index contributed by atoms with van der Waals surface area (Å²) in [6, 6.07) is 8.93. The first-order valence-electron chi connectivity index (χ1n) is 5.74. The predicted octanol–water partition coefficient (Wildman–Crippen LogP) is 4.13. The highest BCUT2D eigenvalue weighted by molar-refractivity contribution is 9.10. The van der Waals surface area contributed by atoms with Gasteiger partial charge in [0, 0.05) is 10.0 Å². The van der Waals surface area contributed by atoms with E-state index in [-0.39, 0.29) is 21.3 Å². The van der Waals surface area contributed by atoms with E-state index in [0.29, 0.717) is 10.0 Å². The molecule has 108 valence electrons. The molecule has 0 atom stereocenters. The van der Waals surface area contributed by atoms with Crippen LogP contribution in [0, 0.1) is 5.82 Å². The maximum Gasteiger partial charge on any atom is 0.257 e. The number of benzene rings is 2. The van der Waals surface area contributed by atoms with E-state index in [0.717, 1.165) is 0 Å². The molecular weight excluding hydrogens is 379 g/mol. The second kappa shape index (κ2) is 6.51. The van der Waals surface area contributed by atoms with Crippen molar-refractivity contribution in [2.24, 2.45) is 5.73 Å². The lowest BCUT2D eigenvalue weighted by molar-refractivity contribution is 0.102. The zero-order valence-electron chi connectivity index (χ0n) is 10.5. The lowest BCUT2D eigenvalue weighted by atomic mass is 10.1. The van der Waals surface area contributed by atoms with Crippen molar-refractivity contribution in [1.82, 2.24) is 0 Å². The van der Waals surface area contributed by atoms with Crippen LogP contribution in [0.15, 0.2) is 40.9 Å². The average Bonchev–Trinajstić information content (AvgIpc) is 2.43. The number of hydrogen-bond donors (Lipinski definition) is 2. The van der Waals surface area contributed by atoms with Gasteiger partial charge >= 0.3 is 0 Å². The molecule has 7 heteroatoms. The summed E-state index contributed by atoms with van der Waals surface area (Å²) in [5, 5.41) is 2.73. The average molecular weight is 388 g/mol. The maximum atomic E-state index is 13.9. The van der Waals surface area contributed by atoms with Gasteiger partial charge in [0.25, 0.3) is 5.91 Å². The van der Waals surface area contributed by atoms with Gasteiger partial charge in [0.2, 0.25) is 0 Å². The number of anilines is 1. The van der Waals surface area contributed by atoms with Crippen molar-refractivity contribution in [2.45, 2.75) is 0 Å². The third-order valence-corrected chi connectivity index (χ3v) is 3.73. The molecule has 0 saturated heterocycles. The van der Waals surface area contributed by atoms with Crippen molar-refractivity contribution < 1.29 is 9.18 Å². The van der Waals surface area contributed by atoms with Crippen molar-refractivity contribution in [2.75, 3.05) is 5.32 Å². The van der Waals surface area contributed by atoms with Crippen molar-refractivity contribution >= 4 is 56.3 Å². The van der Waals surface area contributed by atoms with Crippen molar-refractivity contribution in [3.8, 4) is 0 Å². The molecule has 0 aliphatic carbocycles. The number of amides is 1. The Morgan fingerprint density at radius 3 is 2.62 bits per heavy atom. The SMILES string of the molecule is NC(=S)c1ccc(NC(=O)c2cc(Br)ccc2Cl)c(F)c1. The summed E-state index contributed by atoms with van der Waals surface area (Å²) in [5.41, 5.74) is 6.07. The lowest BCUT2D eigenvalue weighted by Gasteiger charge is -2.09. The van der Waals surface area contributed by atoms with E-state index in [2.05, 4.69) is 21.2 Å². The smallest absolute Gasteiger partial charge is 0.257 e. The highest BCUT2D eigenvalue weighted by Crippen LogP contribution is 2.23. The minimum Gasteiger partial charge on any atom is -0.389 e. The fraction of sp³-hybridized carbons (Fsp3) is 0. The molecule has 0 aromatic heterocycles. The van der Waals surface area contributed by atoms with Crippen molar-refractivity contribution in [1.29, 1.82) is 0 Å². The molecule has 2 aromatic rings. The van der Waals surface area contributed by atoms with Gasteiger partial charge in [-0.05, 0) is 36.4 Å². The minimum absolute atomic E-state index is 0.0241. The van der Waals surface area contributed by atoms with Gasteiger partial charge in [-0.2, -0.15) is 0 Å². The van der Waals surface area contributed by atoms with E-state index < -0.39 is 11.7 Å². The van der Waals surface area contributed by atoms with E-state index in [9.17, 15) is 9.18 Å². The van der Waals surface area contributed by atoms with Crippen LogP contribution in [0.1, 0.15) is 15.9 Å². The van der Waals surface area contributed by atoms with Crippen LogP contribution in [-0.2, 0) is 0 Å². The molecule has 3 N–H and O–H groups in total. The van der Waals surface area contributed by atoms with Crippen LogP contribution in [0.4, 0.5) is 10.1 Å². The summed E-state index contributed by atoms with van der Waals surface area (Å²) < 4.78 is 14.6. The fourth-order valence-electron chi connectivity index (χ4n) is 1.63. The molecule has 2 aromatic carbocycles. The van der Waals surface area contributed by atoms with Gasteiger partial charge in [-0.25, -0.2) is 4.39 Å². The molecule has 0 radical (unpaired) electrons. The third-order valence-electron chi connectivity index (χ3n) is 2.67. The van der Waals surface area contributed by atoms with Crippen LogP contribution in [0.25, 0.3) is 0 Å². The predicted molar refractivity (Wildman–Crippen MR) is 89.4 cm³/mol. The van der Waals surface area contributed by atoms with Crippen LogP contribution in [0.5, 0.6) is 0 Å². The van der Waals surface area contributed by atoms with E-state index in [4.69, 9.17) is 29.6 Å². The molecule has 0 fully saturated rings. The number of nitrogens with two attached hydrogens (primary N) is 1. The quantitative estimate of drug-likeness (QED) is 0.779. The Morgan fingerprint density at radius 1 is 1.29 bits per heavy atom. The number of rotatable bonds is 3. The summed E-state index contributed by atoms with van der Waals surface area (Å²) in [7, 11) is 0. The van der Waals surface area contributed by atoms with Crippen molar-refractivity contribution in [3.05, 3.63) is 62.8 Å². The molecule has 21 heavy (non-hydrogen) atoms. The fourth-order valence-corrected chi connectivity index (χ4v) is 2.32. The number of carbonyl (C=O) groups excluding carboxylic acids is 1. The van der Waals surface area contributed by atoms with E-state index >= 15 is 0 Å². The zero-order valence-corrected chi connectivity index (χ0v) is 13.7. The first-order chi connectivity index (χ1) is 9.88. The third kappa shape index (κ3) is 3.78. The van der Waals surface area contributed by atoms with Gasteiger partial charge in [0.1, 0.15) is 10.8 Å². The summed E-state index contributed by atoms with van der Waals surface area (Å²) >= 11 is 14.0. The van der Waals surface area contributed by atoms with E-state index in [1.807, 2.05) is 0 Å². The number of thiocarbonyl (C=S) groups is 1.